The number of anilines is 1. The number of hydrogen-bond acceptors (Lipinski definition) is 2. The van der Waals surface area contributed by atoms with Crippen molar-refractivity contribution in [1.82, 2.24) is 0 Å². The van der Waals surface area contributed by atoms with Crippen LogP contribution >= 0.6 is 11.6 Å². The second kappa shape index (κ2) is 6.05. The number of benzene rings is 2. The van der Waals surface area contributed by atoms with Crippen molar-refractivity contribution in [3.63, 3.8) is 0 Å². The summed E-state index contributed by atoms with van der Waals surface area (Å²) >= 11 is 5.81. The van der Waals surface area contributed by atoms with Gasteiger partial charge in [-0.1, -0.05) is 29.3 Å². The summed E-state index contributed by atoms with van der Waals surface area (Å²) in [5.74, 6) is 0. The first-order valence-corrected chi connectivity index (χ1v) is 8.27. The van der Waals surface area contributed by atoms with Crippen LogP contribution in [0.5, 0.6) is 0 Å². The van der Waals surface area contributed by atoms with E-state index in [9.17, 15) is 21.6 Å². The van der Waals surface area contributed by atoms with Gasteiger partial charge >= 0.3 is 6.18 Å². The van der Waals surface area contributed by atoms with Crippen molar-refractivity contribution in [2.75, 3.05) is 11.4 Å². The quantitative estimate of drug-likeness (QED) is 0.805. The van der Waals surface area contributed by atoms with E-state index in [0.29, 0.717) is 11.8 Å². The first kappa shape index (κ1) is 17.6. The molecule has 0 N–H and O–H groups in total. The fraction of sp³-hybridized carbons (Fsp3) is 0.200. The molecule has 0 spiro atoms. The summed E-state index contributed by atoms with van der Waals surface area (Å²) in [6.45, 7) is 1.84. The van der Waals surface area contributed by atoms with Crippen LogP contribution in [0.4, 0.5) is 18.9 Å². The van der Waals surface area contributed by atoms with Crippen LogP contribution in [-0.4, -0.2) is 15.5 Å². The first-order valence-electron chi connectivity index (χ1n) is 6.46. The van der Waals surface area contributed by atoms with Crippen LogP contribution in [0.3, 0.4) is 0 Å². The van der Waals surface area contributed by atoms with Gasteiger partial charge in [0.05, 0.1) is 16.3 Å². The number of nitrogens with zero attached hydrogens (tertiary/aromatic N) is 1. The minimum Gasteiger partial charge on any atom is -0.269 e. The van der Waals surface area contributed by atoms with E-state index in [1.54, 1.807) is 24.3 Å². The molecular weight excluding hydrogens is 351 g/mol. The molecule has 0 bridgehead atoms. The van der Waals surface area contributed by atoms with Gasteiger partial charge in [0.2, 0.25) is 0 Å². The molecule has 2 aromatic carbocycles. The van der Waals surface area contributed by atoms with Crippen molar-refractivity contribution in [2.24, 2.45) is 0 Å². The number of rotatable bonds is 3. The zero-order valence-electron chi connectivity index (χ0n) is 12.2. The van der Waals surface area contributed by atoms with Crippen molar-refractivity contribution in [3.8, 4) is 0 Å². The lowest BCUT2D eigenvalue weighted by molar-refractivity contribution is -0.137. The fourth-order valence-corrected chi connectivity index (χ4v) is 3.61. The van der Waals surface area contributed by atoms with E-state index in [1.807, 2.05) is 6.92 Å². The van der Waals surface area contributed by atoms with E-state index in [0.717, 1.165) is 22.0 Å². The highest BCUT2D eigenvalue weighted by Crippen LogP contribution is 2.35. The van der Waals surface area contributed by atoms with Crippen molar-refractivity contribution in [1.29, 1.82) is 0 Å². The smallest absolute Gasteiger partial charge is 0.269 e. The van der Waals surface area contributed by atoms with Crippen molar-refractivity contribution in [2.45, 2.75) is 18.0 Å². The van der Waals surface area contributed by atoms with Gasteiger partial charge in [-0.2, -0.15) is 13.2 Å². The Kier molecular flexibility index (Phi) is 4.64. The van der Waals surface area contributed by atoms with E-state index in [2.05, 4.69) is 0 Å². The molecule has 0 aromatic heterocycles. The molecule has 0 saturated heterocycles. The topological polar surface area (TPSA) is 37.4 Å². The minimum atomic E-state index is -4.66. The summed E-state index contributed by atoms with van der Waals surface area (Å²) in [6.07, 6.45) is -4.66. The number of halogens is 4. The van der Waals surface area contributed by atoms with Gasteiger partial charge in [0.15, 0.2) is 0 Å². The Morgan fingerprint density at radius 2 is 1.61 bits per heavy atom. The molecule has 0 heterocycles. The van der Waals surface area contributed by atoms with Crippen LogP contribution in [0.25, 0.3) is 0 Å². The Bertz CT molecular complexity index is 818. The highest BCUT2D eigenvalue weighted by molar-refractivity contribution is 7.93. The van der Waals surface area contributed by atoms with Crippen LogP contribution in [0.15, 0.2) is 47.4 Å². The molecular formula is C15H13ClF3NO2S. The number of sulfonamides is 1. The monoisotopic (exact) mass is 363 g/mol. The number of aryl methyl sites for hydroxylation is 1. The maximum atomic E-state index is 12.8. The molecule has 0 saturated carbocycles. The SMILES string of the molecule is Cc1ccc(N(C)S(=O)(=O)c2cc(C(F)(F)F)ccc2Cl)cc1. The molecule has 2 rings (SSSR count). The molecule has 8 heteroatoms. The third kappa shape index (κ3) is 3.61. The standard InChI is InChI=1S/C15H13ClF3NO2S/c1-10-3-6-12(7-4-10)20(2)23(21,22)14-9-11(15(17,18)19)5-8-13(14)16/h3-9H,1-2H3. The molecule has 0 fully saturated rings. The van der Waals surface area contributed by atoms with E-state index < -0.39 is 26.7 Å². The van der Waals surface area contributed by atoms with Gasteiger partial charge < -0.3 is 0 Å². The van der Waals surface area contributed by atoms with Crippen LogP contribution in [0.2, 0.25) is 5.02 Å². The summed E-state index contributed by atoms with van der Waals surface area (Å²) in [7, 11) is -2.96. The van der Waals surface area contributed by atoms with Gasteiger partial charge in [-0.3, -0.25) is 4.31 Å². The molecule has 0 atom stereocenters. The first-order chi connectivity index (χ1) is 10.5. The van der Waals surface area contributed by atoms with Crippen LogP contribution in [0.1, 0.15) is 11.1 Å². The largest absolute Gasteiger partial charge is 0.416 e. The van der Waals surface area contributed by atoms with Gasteiger partial charge in [0, 0.05) is 7.05 Å². The minimum absolute atomic E-state index is 0.267. The van der Waals surface area contributed by atoms with Gasteiger partial charge in [0.1, 0.15) is 4.90 Å². The lowest BCUT2D eigenvalue weighted by Crippen LogP contribution is -2.27. The van der Waals surface area contributed by atoms with E-state index in [-0.39, 0.29) is 5.02 Å². The molecule has 0 aliphatic carbocycles. The normalized spacial score (nSPS) is 12.3. The highest BCUT2D eigenvalue weighted by atomic mass is 35.5. The number of hydrogen-bond donors (Lipinski definition) is 0. The lowest BCUT2D eigenvalue weighted by atomic mass is 10.2. The van der Waals surface area contributed by atoms with E-state index in [1.165, 1.54) is 7.05 Å². The fourth-order valence-electron chi connectivity index (χ4n) is 1.92. The summed E-state index contributed by atoms with van der Waals surface area (Å²) in [5, 5.41) is -0.267. The molecule has 0 aliphatic rings. The summed E-state index contributed by atoms with van der Waals surface area (Å²) < 4.78 is 64.5. The van der Waals surface area contributed by atoms with Gasteiger partial charge in [-0.25, -0.2) is 8.42 Å². The summed E-state index contributed by atoms with van der Waals surface area (Å²) in [5.41, 5.74) is 0.179. The zero-order valence-corrected chi connectivity index (χ0v) is 13.8. The van der Waals surface area contributed by atoms with Crippen LogP contribution in [-0.2, 0) is 16.2 Å². The second-order valence-electron chi connectivity index (χ2n) is 4.95. The van der Waals surface area contributed by atoms with Gasteiger partial charge in [0.25, 0.3) is 10.0 Å². The highest BCUT2D eigenvalue weighted by Gasteiger charge is 2.33. The van der Waals surface area contributed by atoms with Gasteiger partial charge in [-0.05, 0) is 37.3 Å². The average molecular weight is 364 g/mol. The molecule has 0 unspecified atom stereocenters. The Morgan fingerprint density at radius 1 is 1.04 bits per heavy atom. The number of alkyl halides is 3. The third-order valence-corrected chi connectivity index (χ3v) is 5.56. The molecule has 0 radical (unpaired) electrons. The zero-order chi connectivity index (χ0) is 17.4. The summed E-state index contributed by atoms with van der Waals surface area (Å²) in [4.78, 5) is -0.586. The van der Waals surface area contributed by atoms with Gasteiger partial charge in [-0.15, -0.1) is 0 Å². The molecule has 3 nitrogen and oxygen atoms in total. The second-order valence-corrected chi connectivity index (χ2v) is 7.30. The molecule has 0 amide bonds. The maximum absolute atomic E-state index is 12.8. The van der Waals surface area contributed by atoms with Crippen molar-refractivity contribution >= 4 is 27.3 Å². The molecule has 0 aliphatic heterocycles. The van der Waals surface area contributed by atoms with Crippen LogP contribution in [0, 0.1) is 6.92 Å². The maximum Gasteiger partial charge on any atom is 0.416 e. The predicted molar refractivity (Wildman–Crippen MR) is 83.2 cm³/mol. The Morgan fingerprint density at radius 3 is 2.13 bits per heavy atom. The Labute approximate surface area is 137 Å². The Hall–Kier alpha value is -1.73. The lowest BCUT2D eigenvalue weighted by Gasteiger charge is -2.21. The van der Waals surface area contributed by atoms with E-state index in [4.69, 9.17) is 11.6 Å². The van der Waals surface area contributed by atoms with Crippen molar-refractivity contribution < 1.29 is 21.6 Å². The molecule has 124 valence electrons. The van der Waals surface area contributed by atoms with Crippen molar-refractivity contribution in [3.05, 3.63) is 58.6 Å². The third-order valence-electron chi connectivity index (χ3n) is 3.29. The predicted octanol–water partition coefficient (Wildman–Crippen LogP) is 4.49. The Balaban J connectivity index is 2.53. The van der Waals surface area contributed by atoms with Crippen LogP contribution < -0.4 is 4.31 Å². The summed E-state index contributed by atoms with van der Waals surface area (Å²) in [6, 6.07) is 8.75. The van der Waals surface area contributed by atoms with E-state index >= 15 is 0 Å². The molecule has 2 aromatic rings. The molecule has 23 heavy (non-hydrogen) atoms. The average Bonchev–Trinajstić information content (AvgIpc) is 2.46.